The van der Waals surface area contributed by atoms with E-state index in [-0.39, 0.29) is 53.0 Å². The SMILES string of the molecule is CCOC(=O)C(CCCCC(C)=O)CC(C)(C)[N+](=O)[O-].CCOC(=O)CCCCC1CC(C)(C)NC1=O. The molecule has 214 valence electrons. The smallest absolute Gasteiger partial charge is 0.309 e. The third-order valence-corrected chi connectivity index (χ3v) is 6.27. The molecule has 0 bridgehead atoms. The summed E-state index contributed by atoms with van der Waals surface area (Å²) in [5.74, 6) is -0.613. The van der Waals surface area contributed by atoms with Gasteiger partial charge in [-0.1, -0.05) is 12.8 Å². The van der Waals surface area contributed by atoms with E-state index in [1.165, 1.54) is 20.8 Å². The van der Waals surface area contributed by atoms with Crippen LogP contribution < -0.4 is 5.32 Å². The van der Waals surface area contributed by atoms with Crippen molar-refractivity contribution < 1.29 is 33.6 Å². The maximum Gasteiger partial charge on any atom is 0.309 e. The molecule has 1 amide bonds. The molecule has 0 radical (unpaired) electrons. The van der Waals surface area contributed by atoms with E-state index in [1.807, 2.05) is 20.8 Å². The zero-order valence-corrected chi connectivity index (χ0v) is 23.9. The number of nitro groups is 1. The van der Waals surface area contributed by atoms with Gasteiger partial charge in [-0.25, -0.2) is 0 Å². The largest absolute Gasteiger partial charge is 0.466 e. The summed E-state index contributed by atoms with van der Waals surface area (Å²) in [5.41, 5.74) is -1.22. The molecular weight excluding hydrogens is 480 g/mol. The molecule has 1 aliphatic rings. The van der Waals surface area contributed by atoms with Crippen molar-refractivity contribution in [3.05, 3.63) is 10.1 Å². The highest BCUT2D eigenvalue weighted by Gasteiger charge is 2.37. The zero-order chi connectivity index (χ0) is 28.6. The molecule has 1 saturated heterocycles. The number of hydrogen-bond acceptors (Lipinski definition) is 8. The average Bonchev–Trinajstić information content (AvgIpc) is 3.05. The Balaban J connectivity index is 0.000000708. The number of carbonyl (C=O) groups excluding carboxylic acids is 4. The maximum atomic E-state index is 11.9. The van der Waals surface area contributed by atoms with Crippen molar-refractivity contribution in [2.75, 3.05) is 13.2 Å². The van der Waals surface area contributed by atoms with E-state index < -0.39 is 11.5 Å². The van der Waals surface area contributed by atoms with Gasteiger partial charge < -0.3 is 19.6 Å². The molecule has 0 aliphatic carbocycles. The molecule has 0 spiro atoms. The molecule has 10 heteroatoms. The van der Waals surface area contributed by atoms with Crippen LogP contribution in [0.5, 0.6) is 0 Å². The van der Waals surface area contributed by atoms with E-state index in [0.29, 0.717) is 38.7 Å². The second-order valence-electron chi connectivity index (χ2n) is 11.0. The van der Waals surface area contributed by atoms with Gasteiger partial charge in [-0.05, 0) is 66.7 Å². The lowest BCUT2D eigenvalue weighted by molar-refractivity contribution is -0.562. The second-order valence-corrected chi connectivity index (χ2v) is 11.0. The summed E-state index contributed by atoms with van der Waals surface area (Å²) in [6.45, 7) is 12.9. The lowest BCUT2D eigenvalue weighted by Gasteiger charge is -2.22. The summed E-state index contributed by atoms with van der Waals surface area (Å²) in [4.78, 5) is 56.0. The number of nitrogens with zero attached hydrogens (tertiary/aromatic N) is 1. The van der Waals surface area contributed by atoms with Gasteiger partial charge in [-0.15, -0.1) is 0 Å². The van der Waals surface area contributed by atoms with Crippen molar-refractivity contribution in [1.29, 1.82) is 0 Å². The van der Waals surface area contributed by atoms with Gasteiger partial charge in [0.2, 0.25) is 11.4 Å². The number of esters is 2. The molecule has 2 unspecified atom stereocenters. The first kappa shape index (κ1) is 34.5. The molecule has 0 saturated carbocycles. The molecular formula is C27H48N2O8. The number of ether oxygens (including phenoxy) is 2. The number of carbonyl (C=O) groups is 4. The minimum absolute atomic E-state index is 0.0666. The van der Waals surface area contributed by atoms with Gasteiger partial charge in [-0.3, -0.25) is 24.5 Å². The minimum atomic E-state index is -1.15. The molecule has 0 aromatic rings. The first-order chi connectivity index (χ1) is 17.1. The predicted octanol–water partition coefficient (Wildman–Crippen LogP) is 4.79. The molecule has 2 atom stereocenters. The monoisotopic (exact) mass is 528 g/mol. The highest BCUT2D eigenvalue weighted by atomic mass is 16.6. The first-order valence-corrected chi connectivity index (χ1v) is 13.4. The molecule has 1 fully saturated rings. The van der Waals surface area contributed by atoms with Gasteiger partial charge in [0, 0.05) is 49.5 Å². The van der Waals surface area contributed by atoms with Crippen molar-refractivity contribution in [3.63, 3.8) is 0 Å². The zero-order valence-electron chi connectivity index (χ0n) is 23.9. The van der Waals surface area contributed by atoms with E-state index in [9.17, 15) is 29.3 Å². The van der Waals surface area contributed by atoms with Crippen LogP contribution in [0.15, 0.2) is 0 Å². The molecule has 1 heterocycles. The van der Waals surface area contributed by atoms with E-state index in [2.05, 4.69) is 5.32 Å². The van der Waals surface area contributed by atoms with Crippen LogP contribution in [0, 0.1) is 22.0 Å². The van der Waals surface area contributed by atoms with Gasteiger partial charge in [0.25, 0.3) is 0 Å². The summed E-state index contributed by atoms with van der Waals surface area (Å²) in [5, 5.41) is 13.9. The number of amides is 1. The number of Topliss-reactive ketones (excluding diaryl/α,β-unsaturated/α-hetero) is 1. The Kier molecular flexibility index (Phi) is 15.9. The number of unbranched alkanes of at least 4 members (excludes halogenated alkanes) is 2. The Morgan fingerprint density at radius 2 is 1.68 bits per heavy atom. The quantitative estimate of drug-likeness (QED) is 0.130. The summed E-state index contributed by atoms with van der Waals surface area (Å²) in [6, 6.07) is 0. The molecule has 0 aromatic carbocycles. The van der Waals surface area contributed by atoms with Crippen molar-refractivity contribution in [1.82, 2.24) is 5.32 Å². The molecule has 1 rings (SSSR count). The number of hydrogen-bond donors (Lipinski definition) is 1. The first-order valence-electron chi connectivity index (χ1n) is 13.4. The Morgan fingerprint density at radius 1 is 1.08 bits per heavy atom. The predicted molar refractivity (Wildman–Crippen MR) is 140 cm³/mol. The van der Waals surface area contributed by atoms with Crippen LogP contribution in [-0.4, -0.2) is 52.8 Å². The Morgan fingerprint density at radius 3 is 2.16 bits per heavy atom. The van der Waals surface area contributed by atoms with Crippen molar-refractivity contribution in [2.45, 2.75) is 124 Å². The van der Waals surface area contributed by atoms with E-state index in [4.69, 9.17) is 9.47 Å². The molecule has 10 nitrogen and oxygen atoms in total. The van der Waals surface area contributed by atoms with E-state index in [1.54, 1.807) is 6.92 Å². The van der Waals surface area contributed by atoms with Crippen LogP contribution in [0.25, 0.3) is 0 Å². The molecule has 37 heavy (non-hydrogen) atoms. The lowest BCUT2D eigenvalue weighted by Crippen LogP contribution is -2.36. The van der Waals surface area contributed by atoms with Gasteiger partial charge in [0.1, 0.15) is 5.78 Å². The number of ketones is 1. The van der Waals surface area contributed by atoms with Gasteiger partial charge in [0.15, 0.2) is 0 Å². The third kappa shape index (κ3) is 15.4. The maximum absolute atomic E-state index is 11.9. The summed E-state index contributed by atoms with van der Waals surface area (Å²) in [6.07, 6.45) is 6.49. The minimum Gasteiger partial charge on any atom is -0.466 e. The fourth-order valence-electron chi connectivity index (χ4n) is 4.33. The van der Waals surface area contributed by atoms with E-state index in [0.717, 1.165) is 25.7 Å². The van der Waals surface area contributed by atoms with Crippen LogP contribution in [0.1, 0.15) is 113 Å². The molecule has 1 N–H and O–H groups in total. The van der Waals surface area contributed by atoms with Crippen molar-refractivity contribution in [2.24, 2.45) is 11.8 Å². The Bertz CT molecular complexity index is 764. The standard InChI is InChI=1S/C14H25NO5.C13H23NO3/c1-5-20-13(17)12(9-7-6-8-11(2)16)10-14(3,4)15(18)19;1-4-17-11(15)8-6-5-7-10-9-13(2,3)14-12(10)16/h12H,5-10H2,1-4H3;10H,4-9H2,1-3H3,(H,14,16). The van der Waals surface area contributed by atoms with Gasteiger partial charge in [0.05, 0.1) is 19.1 Å². The highest BCUT2D eigenvalue weighted by molar-refractivity contribution is 5.82. The van der Waals surface area contributed by atoms with E-state index >= 15 is 0 Å². The van der Waals surface area contributed by atoms with Gasteiger partial charge >= 0.3 is 11.9 Å². The van der Waals surface area contributed by atoms with Gasteiger partial charge in [-0.2, -0.15) is 0 Å². The Labute approximate surface area is 221 Å². The Hall–Kier alpha value is -2.52. The summed E-state index contributed by atoms with van der Waals surface area (Å²) in [7, 11) is 0. The summed E-state index contributed by atoms with van der Waals surface area (Å²) < 4.78 is 9.83. The van der Waals surface area contributed by atoms with Crippen LogP contribution >= 0.6 is 0 Å². The van der Waals surface area contributed by atoms with Crippen LogP contribution in [-0.2, 0) is 28.7 Å². The topological polar surface area (TPSA) is 142 Å². The van der Waals surface area contributed by atoms with Crippen LogP contribution in [0.2, 0.25) is 0 Å². The fraction of sp³-hybridized carbons (Fsp3) is 0.852. The van der Waals surface area contributed by atoms with Crippen LogP contribution in [0.4, 0.5) is 0 Å². The second kappa shape index (κ2) is 17.1. The van der Waals surface area contributed by atoms with Crippen molar-refractivity contribution >= 4 is 23.6 Å². The fourth-order valence-corrected chi connectivity index (χ4v) is 4.33. The number of nitrogens with one attached hydrogen (secondary N) is 1. The molecule has 1 aliphatic heterocycles. The summed E-state index contributed by atoms with van der Waals surface area (Å²) >= 11 is 0. The third-order valence-electron chi connectivity index (χ3n) is 6.27. The van der Waals surface area contributed by atoms with Crippen molar-refractivity contribution in [3.8, 4) is 0 Å². The number of rotatable bonds is 16. The van der Waals surface area contributed by atoms with Crippen LogP contribution in [0.3, 0.4) is 0 Å². The molecule has 0 aromatic heterocycles. The lowest BCUT2D eigenvalue weighted by atomic mass is 9.87. The highest BCUT2D eigenvalue weighted by Crippen LogP contribution is 2.28. The normalized spacial score (nSPS) is 17.2. The average molecular weight is 529 g/mol.